The van der Waals surface area contributed by atoms with E-state index in [0.29, 0.717) is 24.4 Å². The van der Waals surface area contributed by atoms with Gasteiger partial charge in [0.25, 0.3) is 5.91 Å². The highest BCUT2D eigenvalue weighted by molar-refractivity contribution is 7.92. The van der Waals surface area contributed by atoms with Crippen molar-refractivity contribution in [2.75, 3.05) is 24.2 Å². The Hall–Kier alpha value is -2.54. The fourth-order valence-corrected chi connectivity index (χ4v) is 2.72. The minimum Gasteiger partial charge on any atom is -0.494 e. The standard InChI is InChI=1S/C18H22N2O4S/c1-4-24-17-7-5-6-14(12-17)13-19-18(21)15-8-10-16(11-9-15)20(2)25(3,22)23/h5-12H,4,13H2,1-3H3,(H,19,21). The molecule has 0 aliphatic carbocycles. The van der Waals surface area contributed by atoms with Gasteiger partial charge in [-0.25, -0.2) is 8.42 Å². The van der Waals surface area contributed by atoms with Gasteiger partial charge in [-0.3, -0.25) is 9.10 Å². The highest BCUT2D eigenvalue weighted by Gasteiger charge is 2.12. The Kier molecular flexibility index (Phi) is 6.03. The molecule has 0 aliphatic rings. The molecule has 25 heavy (non-hydrogen) atoms. The summed E-state index contributed by atoms with van der Waals surface area (Å²) in [5.74, 6) is 0.540. The van der Waals surface area contributed by atoms with Crippen molar-refractivity contribution in [2.24, 2.45) is 0 Å². The van der Waals surface area contributed by atoms with E-state index in [4.69, 9.17) is 4.74 Å². The number of carbonyl (C=O) groups is 1. The molecule has 0 spiro atoms. The maximum absolute atomic E-state index is 12.2. The van der Waals surface area contributed by atoms with Crippen molar-refractivity contribution in [3.63, 3.8) is 0 Å². The van der Waals surface area contributed by atoms with Gasteiger partial charge in [0.15, 0.2) is 0 Å². The van der Waals surface area contributed by atoms with E-state index in [0.717, 1.165) is 21.9 Å². The number of benzene rings is 2. The van der Waals surface area contributed by atoms with E-state index >= 15 is 0 Å². The third kappa shape index (κ3) is 5.22. The summed E-state index contributed by atoms with van der Waals surface area (Å²) in [6.45, 7) is 2.88. The van der Waals surface area contributed by atoms with Gasteiger partial charge in [-0.15, -0.1) is 0 Å². The molecule has 0 aliphatic heterocycles. The average Bonchev–Trinajstić information content (AvgIpc) is 2.59. The molecule has 6 nitrogen and oxygen atoms in total. The molecule has 1 N–H and O–H groups in total. The second-order valence-electron chi connectivity index (χ2n) is 5.54. The zero-order valence-electron chi connectivity index (χ0n) is 14.5. The summed E-state index contributed by atoms with van der Waals surface area (Å²) < 4.78 is 29.6. The molecular weight excluding hydrogens is 340 g/mol. The number of hydrogen-bond acceptors (Lipinski definition) is 4. The number of carbonyl (C=O) groups excluding carboxylic acids is 1. The maximum atomic E-state index is 12.2. The highest BCUT2D eigenvalue weighted by atomic mass is 32.2. The largest absolute Gasteiger partial charge is 0.494 e. The number of hydrogen-bond donors (Lipinski definition) is 1. The van der Waals surface area contributed by atoms with Gasteiger partial charge in [-0.2, -0.15) is 0 Å². The first-order valence-electron chi connectivity index (χ1n) is 7.85. The molecule has 7 heteroatoms. The topological polar surface area (TPSA) is 75.7 Å². The first-order valence-corrected chi connectivity index (χ1v) is 9.70. The van der Waals surface area contributed by atoms with E-state index in [9.17, 15) is 13.2 Å². The summed E-state index contributed by atoms with van der Waals surface area (Å²) in [7, 11) is -1.86. The third-order valence-corrected chi connectivity index (χ3v) is 4.86. The quantitative estimate of drug-likeness (QED) is 0.821. The fraction of sp³-hybridized carbons (Fsp3) is 0.278. The minimum atomic E-state index is -3.32. The number of ether oxygens (including phenoxy) is 1. The molecule has 0 radical (unpaired) electrons. The van der Waals surface area contributed by atoms with Gasteiger partial charge in [-0.1, -0.05) is 12.1 Å². The van der Waals surface area contributed by atoms with Gasteiger partial charge >= 0.3 is 0 Å². The summed E-state index contributed by atoms with van der Waals surface area (Å²) in [5.41, 5.74) is 1.91. The lowest BCUT2D eigenvalue weighted by atomic mass is 10.1. The van der Waals surface area contributed by atoms with Crippen molar-refractivity contribution in [2.45, 2.75) is 13.5 Å². The molecule has 2 aromatic rings. The number of anilines is 1. The van der Waals surface area contributed by atoms with Gasteiger partial charge < -0.3 is 10.1 Å². The van der Waals surface area contributed by atoms with Gasteiger partial charge in [-0.05, 0) is 48.9 Å². The van der Waals surface area contributed by atoms with E-state index in [-0.39, 0.29) is 5.91 Å². The van der Waals surface area contributed by atoms with Crippen LogP contribution in [0.3, 0.4) is 0 Å². The van der Waals surface area contributed by atoms with Crippen LogP contribution < -0.4 is 14.4 Å². The van der Waals surface area contributed by atoms with Crippen LogP contribution in [0.15, 0.2) is 48.5 Å². The molecule has 0 atom stereocenters. The lowest BCUT2D eigenvalue weighted by Gasteiger charge is -2.16. The molecule has 1 amide bonds. The number of nitrogens with one attached hydrogen (secondary N) is 1. The highest BCUT2D eigenvalue weighted by Crippen LogP contribution is 2.17. The molecule has 0 bridgehead atoms. The Labute approximate surface area is 148 Å². The molecule has 2 aromatic carbocycles. The molecule has 0 aromatic heterocycles. The second-order valence-corrected chi connectivity index (χ2v) is 7.55. The summed E-state index contributed by atoms with van der Waals surface area (Å²) in [4.78, 5) is 12.2. The number of sulfonamides is 1. The van der Waals surface area contributed by atoms with Crippen LogP contribution in [0.5, 0.6) is 5.75 Å². The van der Waals surface area contributed by atoms with Crippen LogP contribution in [0, 0.1) is 0 Å². The molecule has 2 rings (SSSR count). The molecule has 0 saturated heterocycles. The lowest BCUT2D eigenvalue weighted by Crippen LogP contribution is -2.25. The Morgan fingerprint density at radius 1 is 1.16 bits per heavy atom. The Bertz CT molecular complexity index is 832. The van der Waals surface area contributed by atoms with Crippen molar-refractivity contribution in [3.8, 4) is 5.75 Å². The van der Waals surface area contributed by atoms with Crippen LogP contribution in [-0.4, -0.2) is 34.2 Å². The van der Waals surface area contributed by atoms with Crippen molar-refractivity contribution < 1.29 is 17.9 Å². The van der Waals surface area contributed by atoms with E-state index < -0.39 is 10.0 Å². The monoisotopic (exact) mass is 362 g/mol. The zero-order valence-corrected chi connectivity index (χ0v) is 15.3. The zero-order chi connectivity index (χ0) is 18.4. The lowest BCUT2D eigenvalue weighted by molar-refractivity contribution is 0.0951. The van der Waals surface area contributed by atoms with Gasteiger partial charge in [0.05, 0.1) is 18.6 Å². The third-order valence-electron chi connectivity index (χ3n) is 3.65. The van der Waals surface area contributed by atoms with Crippen LogP contribution in [-0.2, 0) is 16.6 Å². The van der Waals surface area contributed by atoms with Crippen LogP contribution in [0.1, 0.15) is 22.8 Å². The number of amides is 1. The molecule has 134 valence electrons. The predicted octanol–water partition coefficient (Wildman–Crippen LogP) is 2.41. The van der Waals surface area contributed by atoms with Gasteiger partial charge in [0.1, 0.15) is 5.75 Å². The van der Waals surface area contributed by atoms with Crippen molar-refractivity contribution in [1.82, 2.24) is 5.32 Å². The van der Waals surface area contributed by atoms with Crippen LogP contribution in [0.25, 0.3) is 0 Å². The van der Waals surface area contributed by atoms with Gasteiger partial charge in [0, 0.05) is 19.2 Å². The van der Waals surface area contributed by atoms with Crippen LogP contribution in [0.4, 0.5) is 5.69 Å². The fourth-order valence-electron chi connectivity index (χ4n) is 2.21. The van der Waals surface area contributed by atoms with E-state index in [1.807, 2.05) is 31.2 Å². The van der Waals surface area contributed by atoms with Crippen molar-refractivity contribution >= 4 is 21.6 Å². The van der Waals surface area contributed by atoms with E-state index in [2.05, 4.69) is 5.32 Å². The summed E-state index contributed by atoms with van der Waals surface area (Å²) in [6.07, 6.45) is 1.13. The molecule has 0 unspecified atom stereocenters. The van der Waals surface area contributed by atoms with E-state index in [1.165, 1.54) is 7.05 Å². The Balaban J connectivity index is 2.00. The van der Waals surface area contributed by atoms with Crippen LogP contribution >= 0.6 is 0 Å². The van der Waals surface area contributed by atoms with Crippen molar-refractivity contribution in [1.29, 1.82) is 0 Å². The second kappa shape index (κ2) is 8.02. The average molecular weight is 362 g/mol. The number of rotatable bonds is 7. The Morgan fingerprint density at radius 2 is 1.84 bits per heavy atom. The van der Waals surface area contributed by atoms with Crippen LogP contribution in [0.2, 0.25) is 0 Å². The summed E-state index contributed by atoms with van der Waals surface area (Å²) >= 11 is 0. The predicted molar refractivity (Wildman–Crippen MR) is 98.5 cm³/mol. The minimum absolute atomic E-state index is 0.227. The number of nitrogens with zero attached hydrogens (tertiary/aromatic N) is 1. The summed E-state index contributed by atoms with van der Waals surface area (Å²) in [5, 5.41) is 2.84. The smallest absolute Gasteiger partial charge is 0.251 e. The molecule has 0 fully saturated rings. The summed E-state index contributed by atoms with van der Waals surface area (Å²) in [6, 6.07) is 13.9. The first-order chi connectivity index (χ1) is 11.8. The molecular formula is C18H22N2O4S. The SMILES string of the molecule is CCOc1cccc(CNC(=O)c2ccc(N(C)S(C)(=O)=O)cc2)c1. The normalized spacial score (nSPS) is 11.0. The Morgan fingerprint density at radius 3 is 2.44 bits per heavy atom. The molecule has 0 saturated carbocycles. The van der Waals surface area contributed by atoms with Gasteiger partial charge in [0.2, 0.25) is 10.0 Å². The van der Waals surface area contributed by atoms with E-state index in [1.54, 1.807) is 24.3 Å². The molecule has 0 heterocycles. The first kappa shape index (κ1) is 18.8. The maximum Gasteiger partial charge on any atom is 0.251 e. The van der Waals surface area contributed by atoms with Crippen molar-refractivity contribution in [3.05, 3.63) is 59.7 Å².